The Kier molecular flexibility index (Phi) is 4.75. The van der Waals surface area contributed by atoms with Crippen LogP contribution in [0.1, 0.15) is 0 Å². The maximum atomic E-state index is 13.3. The minimum Gasteiger partial charge on any atom is -0.488 e. The van der Waals surface area contributed by atoms with Gasteiger partial charge in [0.05, 0.1) is 0 Å². The molecule has 4 heteroatoms. The number of rotatable bonds is 6. The molecule has 2 rings (SSSR count). The quantitative estimate of drug-likeness (QED) is 0.840. The smallest absolute Gasteiger partial charge is 0.165 e. The monoisotopic (exact) mass is 261 g/mol. The fourth-order valence-electron chi connectivity index (χ4n) is 1.60. The van der Waals surface area contributed by atoms with E-state index in [1.165, 1.54) is 12.1 Å². The van der Waals surface area contributed by atoms with Gasteiger partial charge in [0.2, 0.25) is 0 Å². The van der Waals surface area contributed by atoms with E-state index in [9.17, 15) is 9.50 Å². The SMILES string of the molecule is O[C@@H](CNc1ccccc1)COc1ccccc1F. The number of hydrogen-bond acceptors (Lipinski definition) is 3. The number of ether oxygens (including phenoxy) is 1. The lowest BCUT2D eigenvalue weighted by Crippen LogP contribution is -2.26. The molecular formula is C15H16FNO2. The Morgan fingerprint density at radius 3 is 2.47 bits per heavy atom. The predicted octanol–water partition coefficient (Wildman–Crippen LogP) is 2.68. The van der Waals surface area contributed by atoms with E-state index in [1.54, 1.807) is 12.1 Å². The van der Waals surface area contributed by atoms with E-state index in [0.717, 1.165) is 5.69 Å². The van der Waals surface area contributed by atoms with Crippen LogP contribution in [0, 0.1) is 5.82 Å². The summed E-state index contributed by atoms with van der Waals surface area (Å²) in [5, 5.41) is 12.8. The number of para-hydroxylation sites is 2. The van der Waals surface area contributed by atoms with Gasteiger partial charge < -0.3 is 15.2 Å². The van der Waals surface area contributed by atoms with Crippen LogP contribution in [0.5, 0.6) is 5.75 Å². The van der Waals surface area contributed by atoms with Gasteiger partial charge in [-0.1, -0.05) is 30.3 Å². The molecule has 3 nitrogen and oxygen atoms in total. The molecule has 1 atom stereocenters. The Labute approximate surface area is 111 Å². The summed E-state index contributed by atoms with van der Waals surface area (Å²) in [7, 11) is 0. The lowest BCUT2D eigenvalue weighted by atomic mass is 10.3. The average molecular weight is 261 g/mol. The van der Waals surface area contributed by atoms with Crippen LogP contribution >= 0.6 is 0 Å². The number of benzene rings is 2. The first-order valence-corrected chi connectivity index (χ1v) is 6.10. The molecule has 0 aromatic heterocycles. The van der Waals surface area contributed by atoms with Crippen molar-refractivity contribution in [3.05, 3.63) is 60.4 Å². The molecule has 2 aromatic carbocycles. The molecule has 2 aromatic rings. The molecule has 0 aliphatic rings. The van der Waals surface area contributed by atoms with Crippen LogP contribution in [-0.2, 0) is 0 Å². The summed E-state index contributed by atoms with van der Waals surface area (Å²) in [5.74, 6) is -0.271. The van der Waals surface area contributed by atoms with Gasteiger partial charge in [-0.25, -0.2) is 4.39 Å². The highest BCUT2D eigenvalue weighted by Gasteiger charge is 2.07. The third kappa shape index (κ3) is 4.26. The van der Waals surface area contributed by atoms with Crippen LogP contribution in [0.25, 0.3) is 0 Å². The number of aliphatic hydroxyl groups excluding tert-OH is 1. The molecule has 19 heavy (non-hydrogen) atoms. The van der Waals surface area contributed by atoms with Crippen molar-refractivity contribution in [1.82, 2.24) is 0 Å². The molecule has 0 spiro atoms. The van der Waals surface area contributed by atoms with Gasteiger partial charge in [-0.3, -0.25) is 0 Å². The Balaban J connectivity index is 1.76. The summed E-state index contributed by atoms with van der Waals surface area (Å²) in [6.45, 7) is 0.388. The molecule has 0 aliphatic carbocycles. The number of hydrogen-bond donors (Lipinski definition) is 2. The van der Waals surface area contributed by atoms with Crippen LogP contribution < -0.4 is 10.1 Å². The van der Waals surface area contributed by atoms with E-state index in [0.29, 0.717) is 6.54 Å². The summed E-state index contributed by atoms with van der Waals surface area (Å²) < 4.78 is 18.5. The van der Waals surface area contributed by atoms with Crippen molar-refractivity contribution < 1.29 is 14.2 Å². The number of halogens is 1. The van der Waals surface area contributed by atoms with Crippen molar-refractivity contribution in [3.63, 3.8) is 0 Å². The zero-order valence-electron chi connectivity index (χ0n) is 10.4. The van der Waals surface area contributed by atoms with Crippen molar-refractivity contribution in [2.45, 2.75) is 6.10 Å². The van der Waals surface area contributed by atoms with Crippen molar-refractivity contribution in [2.75, 3.05) is 18.5 Å². The van der Waals surface area contributed by atoms with Gasteiger partial charge in [-0.15, -0.1) is 0 Å². The number of anilines is 1. The van der Waals surface area contributed by atoms with Gasteiger partial charge in [0, 0.05) is 12.2 Å². The number of nitrogens with one attached hydrogen (secondary N) is 1. The Morgan fingerprint density at radius 1 is 1.05 bits per heavy atom. The summed E-state index contributed by atoms with van der Waals surface area (Å²) in [6.07, 6.45) is -0.709. The van der Waals surface area contributed by atoms with Gasteiger partial charge in [0.15, 0.2) is 11.6 Å². The topological polar surface area (TPSA) is 41.5 Å². The predicted molar refractivity (Wildman–Crippen MR) is 72.8 cm³/mol. The third-order valence-electron chi connectivity index (χ3n) is 2.58. The third-order valence-corrected chi connectivity index (χ3v) is 2.58. The van der Waals surface area contributed by atoms with Crippen LogP contribution in [0.4, 0.5) is 10.1 Å². The second kappa shape index (κ2) is 6.75. The largest absolute Gasteiger partial charge is 0.488 e. The molecule has 0 radical (unpaired) electrons. The molecular weight excluding hydrogens is 245 g/mol. The Bertz CT molecular complexity index is 505. The van der Waals surface area contributed by atoms with Crippen molar-refractivity contribution in [1.29, 1.82) is 0 Å². The van der Waals surface area contributed by atoms with Crippen molar-refractivity contribution in [3.8, 4) is 5.75 Å². The van der Waals surface area contributed by atoms with Gasteiger partial charge >= 0.3 is 0 Å². The molecule has 0 saturated heterocycles. The van der Waals surface area contributed by atoms with Gasteiger partial charge in [0.25, 0.3) is 0 Å². The van der Waals surface area contributed by atoms with Crippen molar-refractivity contribution in [2.24, 2.45) is 0 Å². The molecule has 0 heterocycles. The molecule has 0 saturated carbocycles. The highest BCUT2D eigenvalue weighted by Crippen LogP contribution is 2.15. The first kappa shape index (κ1) is 13.4. The maximum absolute atomic E-state index is 13.3. The van der Waals surface area contributed by atoms with Crippen molar-refractivity contribution >= 4 is 5.69 Å². The lowest BCUT2D eigenvalue weighted by Gasteiger charge is -2.14. The van der Waals surface area contributed by atoms with Gasteiger partial charge in [-0.2, -0.15) is 0 Å². The van der Waals surface area contributed by atoms with E-state index in [4.69, 9.17) is 4.74 Å². The molecule has 0 unspecified atom stereocenters. The summed E-state index contributed by atoms with van der Waals surface area (Å²) >= 11 is 0. The zero-order chi connectivity index (χ0) is 13.5. The van der Waals surface area contributed by atoms with Crippen LogP contribution in [0.2, 0.25) is 0 Å². The minimum atomic E-state index is -0.709. The summed E-state index contributed by atoms with van der Waals surface area (Å²) in [5.41, 5.74) is 0.924. The summed E-state index contributed by atoms with van der Waals surface area (Å²) in [6, 6.07) is 15.7. The summed E-state index contributed by atoms with van der Waals surface area (Å²) in [4.78, 5) is 0. The zero-order valence-corrected chi connectivity index (χ0v) is 10.4. The van der Waals surface area contributed by atoms with E-state index in [2.05, 4.69) is 5.32 Å². The lowest BCUT2D eigenvalue weighted by molar-refractivity contribution is 0.115. The fraction of sp³-hybridized carbons (Fsp3) is 0.200. The second-order valence-corrected chi connectivity index (χ2v) is 4.14. The first-order chi connectivity index (χ1) is 9.25. The van der Waals surface area contributed by atoms with Gasteiger partial charge in [-0.05, 0) is 24.3 Å². The first-order valence-electron chi connectivity index (χ1n) is 6.10. The normalized spacial score (nSPS) is 11.9. The van der Waals surface area contributed by atoms with Crippen LogP contribution in [0.15, 0.2) is 54.6 Å². The average Bonchev–Trinajstić information content (AvgIpc) is 2.45. The molecule has 0 fully saturated rings. The Morgan fingerprint density at radius 2 is 1.74 bits per heavy atom. The van der Waals surface area contributed by atoms with Gasteiger partial charge in [0.1, 0.15) is 12.7 Å². The van der Waals surface area contributed by atoms with E-state index < -0.39 is 11.9 Å². The second-order valence-electron chi connectivity index (χ2n) is 4.14. The standard InChI is InChI=1S/C15H16FNO2/c16-14-8-4-5-9-15(14)19-11-13(18)10-17-12-6-2-1-3-7-12/h1-9,13,17-18H,10-11H2/t13-/m0/s1. The molecule has 0 amide bonds. The van der Waals surface area contributed by atoms with Crippen LogP contribution in [-0.4, -0.2) is 24.4 Å². The molecule has 0 aliphatic heterocycles. The highest BCUT2D eigenvalue weighted by atomic mass is 19.1. The van der Waals surface area contributed by atoms with E-state index in [-0.39, 0.29) is 12.4 Å². The molecule has 0 bridgehead atoms. The maximum Gasteiger partial charge on any atom is 0.165 e. The Hall–Kier alpha value is -2.07. The fourth-order valence-corrected chi connectivity index (χ4v) is 1.60. The molecule has 100 valence electrons. The van der Waals surface area contributed by atoms with E-state index >= 15 is 0 Å². The van der Waals surface area contributed by atoms with Crippen LogP contribution in [0.3, 0.4) is 0 Å². The minimum absolute atomic E-state index is 0.0424. The molecule has 2 N–H and O–H groups in total. The number of aliphatic hydroxyl groups is 1. The van der Waals surface area contributed by atoms with E-state index in [1.807, 2.05) is 30.3 Å². The highest BCUT2D eigenvalue weighted by molar-refractivity contribution is 5.42.